The number of fused-ring (bicyclic) bond motifs is 1. The third kappa shape index (κ3) is 4.12. The van der Waals surface area contributed by atoms with Gasteiger partial charge in [0.15, 0.2) is 0 Å². The van der Waals surface area contributed by atoms with Crippen LogP contribution in [0.3, 0.4) is 0 Å². The van der Waals surface area contributed by atoms with Crippen LogP contribution in [0.15, 0.2) is 29.1 Å². The van der Waals surface area contributed by atoms with Crippen LogP contribution in [0.5, 0.6) is 0 Å². The molecule has 0 fully saturated rings. The molecule has 0 unspecified atom stereocenters. The minimum Gasteiger partial charge on any atom is -0.469 e. The van der Waals surface area contributed by atoms with Crippen LogP contribution in [0.2, 0.25) is 0 Å². The molecule has 4 rings (SSSR count). The number of tetrazole rings is 1. The number of aromatic amines is 1. The zero-order valence-electron chi connectivity index (χ0n) is 17.4. The first-order valence-electron chi connectivity index (χ1n) is 9.44. The number of thiophene rings is 1. The summed E-state index contributed by atoms with van der Waals surface area (Å²) in [5.74, 6) is -0.530. The molecule has 164 valence electrons. The van der Waals surface area contributed by atoms with Crippen LogP contribution in [-0.2, 0) is 27.2 Å². The first-order valence-corrected chi connectivity index (χ1v) is 10.3. The van der Waals surface area contributed by atoms with E-state index < -0.39 is 17.5 Å². The van der Waals surface area contributed by atoms with Gasteiger partial charge < -0.3 is 14.5 Å². The van der Waals surface area contributed by atoms with E-state index in [0.717, 1.165) is 22.5 Å². The molecule has 0 bridgehead atoms. The summed E-state index contributed by atoms with van der Waals surface area (Å²) in [5, 5.41) is 12.5. The van der Waals surface area contributed by atoms with E-state index in [0.29, 0.717) is 10.7 Å². The van der Waals surface area contributed by atoms with Gasteiger partial charge in [-0.05, 0) is 12.1 Å². The van der Waals surface area contributed by atoms with Crippen LogP contribution in [-0.4, -0.2) is 56.3 Å². The third-order valence-corrected chi connectivity index (χ3v) is 5.79. The SMILES string of the molecule is COC(=O)Cc1c(C(=O)OC)sc2nc(Cn3nnc(-c4ccc(C)cc4)n3)[nH]c(=O)c12. The molecule has 0 saturated heterocycles. The largest absolute Gasteiger partial charge is 0.469 e. The number of hydrogen-bond donors (Lipinski definition) is 1. The van der Waals surface area contributed by atoms with Crippen molar-refractivity contribution in [3.8, 4) is 11.4 Å². The Hall–Kier alpha value is -3.93. The highest BCUT2D eigenvalue weighted by Crippen LogP contribution is 2.29. The number of methoxy groups -OCH3 is 2. The average Bonchev–Trinajstić information content (AvgIpc) is 3.38. The molecule has 0 amide bonds. The number of aryl methyl sites for hydroxylation is 1. The molecular formula is C20H18N6O5S. The Kier molecular flexibility index (Phi) is 5.77. The lowest BCUT2D eigenvalue weighted by atomic mass is 10.1. The number of benzene rings is 1. The fraction of sp³-hybridized carbons (Fsp3) is 0.250. The van der Waals surface area contributed by atoms with Gasteiger partial charge in [0.25, 0.3) is 5.56 Å². The van der Waals surface area contributed by atoms with Crippen molar-refractivity contribution in [2.75, 3.05) is 14.2 Å². The molecule has 1 aromatic carbocycles. The van der Waals surface area contributed by atoms with E-state index in [9.17, 15) is 14.4 Å². The van der Waals surface area contributed by atoms with E-state index in [1.165, 1.54) is 19.0 Å². The summed E-state index contributed by atoms with van der Waals surface area (Å²) in [6.45, 7) is 2.04. The summed E-state index contributed by atoms with van der Waals surface area (Å²) in [5.41, 5.74) is 1.66. The van der Waals surface area contributed by atoms with Crippen molar-refractivity contribution in [1.82, 2.24) is 30.2 Å². The average molecular weight is 454 g/mol. The van der Waals surface area contributed by atoms with E-state index in [1.807, 2.05) is 31.2 Å². The second-order valence-corrected chi connectivity index (χ2v) is 7.86. The Bertz CT molecular complexity index is 1370. The number of carbonyl (C=O) groups excluding carboxylic acids is 2. The van der Waals surface area contributed by atoms with Gasteiger partial charge in [0.05, 0.1) is 26.0 Å². The Morgan fingerprint density at radius 3 is 2.59 bits per heavy atom. The fourth-order valence-corrected chi connectivity index (χ4v) is 4.22. The number of nitrogens with zero attached hydrogens (tertiary/aromatic N) is 5. The Balaban J connectivity index is 1.69. The standard InChI is InChI=1S/C20H18N6O5S/c1-10-4-6-11(7-5-10)17-23-25-26(24-17)9-13-21-18(28)15-12(8-14(27)30-2)16(20(29)31-3)32-19(15)22-13/h4-7H,8-9H2,1-3H3,(H,21,22,28). The highest BCUT2D eigenvalue weighted by Gasteiger charge is 2.25. The van der Waals surface area contributed by atoms with Crippen molar-refractivity contribution in [1.29, 1.82) is 0 Å². The first kappa shape index (κ1) is 21.3. The van der Waals surface area contributed by atoms with Crippen LogP contribution in [0, 0.1) is 6.92 Å². The highest BCUT2D eigenvalue weighted by atomic mass is 32.1. The van der Waals surface area contributed by atoms with E-state index in [1.54, 1.807) is 0 Å². The van der Waals surface area contributed by atoms with Crippen LogP contribution < -0.4 is 5.56 Å². The maximum atomic E-state index is 12.8. The summed E-state index contributed by atoms with van der Waals surface area (Å²) in [4.78, 5) is 45.6. The number of rotatable bonds is 6. The summed E-state index contributed by atoms with van der Waals surface area (Å²) in [6, 6.07) is 7.69. The van der Waals surface area contributed by atoms with Gasteiger partial charge in [-0.2, -0.15) is 4.80 Å². The number of carbonyl (C=O) groups is 2. The molecule has 0 saturated carbocycles. The number of aromatic nitrogens is 6. The van der Waals surface area contributed by atoms with Crippen molar-refractivity contribution in [3.05, 3.63) is 56.4 Å². The van der Waals surface area contributed by atoms with Crippen LogP contribution in [0.4, 0.5) is 0 Å². The zero-order valence-corrected chi connectivity index (χ0v) is 18.2. The topological polar surface area (TPSA) is 142 Å². The Morgan fingerprint density at radius 1 is 1.16 bits per heavy atom. The maximum absolute atomic E-state index is 12.8. The molecule has 3 aromatic heterocycles. The van der Waals surface area contributed by atoms with Crippen LogP contribution in [0.25, 0.3) is 21.6 Å². The van der Waals surface area contributed by atoms with Crippen LogP contribution in [0.1, 0.15) is 26.6 Å². The lowest BCUT2D eigenvalue weighted by Crippen LogP contribution is -2.17. The Labute approximate surface area is 185 Å². The van der Waals surface area contributed by atoms with Crippen molar-refractivity contribution >= 4 is 33.5 Å². The van der Waals surface area contributed by atoms with Crippen molar-refractivity contribution in [3.63, 3.8) is 0 Å². The molecule has 32 heavy (non-hydrogen) atoms. The smallest absolute Gasteiger partial charge is 0.348 e. The summed E-state index contributed by atoms with van der Waals surface area (Å²) in [7, 11) is 2.45. The number of H-pyrrole nitrogens is 1. The third-order valence-electron chi connectivity index (χ3n) is 4.68. The van der Waals surface area contributed by atoms with Gasteiger partial charge in [-0.15, -0.1) is 21.5 Å². The summed E-state index contributed by atoms with van der Waals surface area (Å²) >= 11 is 0.972. The Morgan fingerprint density at radius 2 is 1.91 bits per heavy atom. The number of esters is 2. The lowest BCUT2D eigenvalue weighted by molar-refractivity contribution is -0.139. The molecule has 12 heteroatoms. The van der Waals surface area contributed by atoms with Gasteiger partial charge in [-0.25, -0.2) is 9.78 Å². The number of nitrogens with one attached hydrogen (secondary N) is 1. The fourth-order valence-electron chi connectivity index (χ4n) is 3.09. The maximum Gasteiger partial charge on any atom is 0.348 e. The van der Waals surface area contributed by atoms with Gasteiger partial charge in [0, 0.05) is 11.1 Å². The molecule has 0 aliphatic rings. The quantitative estimate of drug-likeness (QED) is 0.429. The summed E-state index contributed by atoms with van der Waals surface area (Å²) < 4.78 is 9.47. The molecule has 3 heterocycles. The normalized spacial score (nSPS) is 11.0. The molecule has 0 aliphatic carbocycles. The first-order chi connectivity index (χ1) is 15.4. The lowest BCUT2D eigenvalue weighted by Gasteiger charge is -2.02. The molecular weight excluding hydrogens is 436 g/mol. The van der Waals surface area contributed by atoms with Gasteiger partial charge in [-0.1, -0.05) is 29.8 Å². The minimum atomic E-state index is -0.659. The minimum absolute atomic E-state index is 0.0574. The molecule has 4 aromatic rings. The predicted octanol–water partition coefficient (Wildman–Crippen LogP) is 1.50. The van der Waals surface area contributed by atoms with Crippen molar-refractivity contribution in [2.24, 2.45) is 0 Å². The van der Waals surface area contributed by atoms with E-state index >= 15 is 0 Å². The molecule has 0 aliphatic heterocycles. The van der Waals surface area contributed by atoms with Gasteiger partial charge >= 0.3 is 11.9 Å². The van der Waals surface area contributed by atoms with Gasteiger partial charge in [-0.3, -0.25) is 9.59 Å². The van der Waals surface area contributed by atoms with E-state index in [4.69, 9.17) is 4.74 Å². The molecule has 0 spiro atoms. The molecule has 11 nitrogen and oxygen atoms in total. The highest BCUT2D eigenvalue weighted by molar-refractivity contribution is 7.20. The van der Waals surface area contributed by atoms with E-state index in [2.05, 4.69) is 30.1 Å². The molecule has 1 N–H and O–H groups in total. The molecule has 0 atom stereocenters. The van der Waals surface area contributed by atoms with Crippen molar-refractivity contribution in [2.45, 2.75) is 19.9 Å². The monoisotopic (exact) mass is 454 g/mol. The molecule has 0 radical (unpaired) electrons. The number of hydrogen-bond acceptors (Lipinski definition) is 10. The zero-order chi connectivity index (χ0) is 22.8. The van der Waals surface area contributed by atoms with E-state index in [-0.39, 0.29) is 34.6 Å². The second-order valence-electron chi connectivity index (χ2n) is 6.86. The predicted molar refractivity (Wildman–Crippen MR) is 114 cm³/mol. The second kappa shape index (κ2) is 8.67. The van der Waals surface area contributed by atoms with Crippen LogP contribution >= 0.6 is 11.3 Å². The van der Waals surface area contributed by atoms with Gasteiger partial charge in [0.1, 0.15) is 22.1 Å². The number of ether oxygens (including phenoxy) is 2. The van der Waals surface area contributed by atoms with Gasteiger partial charge in [0.2, 0.25) is 5.82 Å². The van der Waals surface area contributed by atoms with Crippen molar-refractivity contribution < 1.29 is 19.1 Å². The summed E-state index contributed by atoms with van der Waals surface area (Å²) in [6.07, 6.45) is -0.254.